The Labute approximate surface area is 154 Å². The normalized spacial score (nSPS) is 21.0. The molecule has 4 heterocycles. The molecule has 1 N–H and O–H groups in total. The predicted octanol–water partition coefficient (Wildman–Crippen LogP) is 4.29. The molecule has 0 radical (unpaired) electrons. The van der Waals surface area contributed by atoms with E-state index in [9.17, 15) is 0 Å². The fourth-order valence-corrected chi connectivity index (χ4v) is 4.11. The molecule has 0 amide bonds. The third-order valence-corrected chi connectivity index (χ3v) is 5.37. The Morgan fingerprint density at radius 1 is 0.923 bits per heavy atom. The quantitative estimate of drug-likeness (QED) is 0.765. The average molecular weight is 347 g/mol. The molecule has 0 saturated carbocycles. The Balaban J connectivity index is 1.75. The molecule has 134 valence electrons. The zero-order valence-electron chi connectivity index (χ0n) is 15.4. The van der Waals surface area contributed by atoms with Gasteiger partial charge in [0.1, 0.15) is 5.82 Å². The summed E-state index contributed by atoms with van der Waals surface area (Å²) in [5, 5.41) is 0. The number of H-pyrrole nitrogens is 1. The number of likely N-dealkylation sites (tertiary alicyclic amines) is 1. The van der Waals surface area contributed by atoms with Crippen LogP contribution in [0.2, 0.25) is 0 Å². The minimum atomic E-state index is 0.279. The van der Waals surface area contributed by atoms with Gasteiger partial charge in [0, 0.05) is 24.8 Å². The van der Waals surface area contributed by atoms with E-state index in [4.69, 9.17) is 9.97 Å². The highest BCUT2D eigenvalue weighted by Gasteiger charge is 2.35. The molecule has 5 heteroatoms. The Morgan fingerprint density at radius 2 is 1.54 bits per heavy atom. The van der Waals surface area contributed by atoms with Crippen molar-refractivity contribution in [2.75, 3.05) is 0 Å². The summed E-state index contributed by atoms with van der Waals surface area (Å²) in [5.74, 6) is 0.990. The van der Waals surface area contributed by atoms with Crippen LogP contribution in [0, 0.1) is 13.8 Å². The number of aromatic amines is 1. The fraction of sp³-hybridized carbons (Fsp3) is 0.381. The van der Waals surface area contributed by atoms with Gasteiger partial charge >= 0.3 is 0 Å². The molecule has 5 nitrogen and oxygen atoms in total. The van der Waals surface area contributed by atoms with Crippen molar-refractivity contribution in [3.8, 4) is 0 Å². The summed E-state index contributed by atoms with van der Waals surface area (Å²) in [6, 6.07) is 8.90. The van der Waals surface area contributed by atoms with Crippen molar-refractivity contribution >= 4 is 0 Å². The van der Waals surface area contributed by atoms with E-state index in [1.54, 1.807) is 0 Å². The summed E-state index contributed by atoms with van der Waals surface area (Å²) in [5.41, 5.74) is 4.86. The molecule has 26 heavy (non-hydrogen) atoms. The lowest BCUT2D eigenvalue weighted by atomic mass is 9.89. The molecule has 0 spiro atoms. The van der Waals surface area contributed by atoms with Gasteiger partial charge in [0.2, 0.25) is 0 Å². The number of nitrogens with one attached hydrogen (secondary N) is 1. The summed E-state index contributed by atoms with van der Waals surface area (Å²) in [4.78, 5) is 19.8. The van der Waals surface area contributed by atoms with E-state index in [1.807, 2.05) is 36.9 Å². The van der Waals surface area contributed by atoms with Crippen molar-refractivity contribution in [2.24, 2.45) is 0 Å². The van der Waals surface area contributed by atoms with Crippen LogP contribution in [0.5, 0.6) is 0 Å². The van der Waals surface area contributed by atoms with Gasteiger partial charge in [0.05, 0.1) is 30.0 Å². The van der Waals surface area contributed by atoms with Crippen molar-refractivity contribution in [3.05, 3.63) is 77.4 Å². The van der Waals surface area contributed by atoms with Gasteiger partial charge in [-0.25, -0.2) is 4.98 Å². The number of rotatable bonds is 4. The number of nitrogens with zero attached hydrogens (tertiary/aromatic N) is 4. The minimum Gasteiger partial charge on any atom is -0.348 e. The Kier molecular flexibility index (Phi) is 4.80. The Morgan fingerprint density at radius 3 is 2.04 bits per heavy atom. The number of hydrogen-bond acceptors (Lipinski definition) is 4. The molecule has 1 saturated heterocycles. The molecule has 1 aliphatic rings. The molecule has 3 aromatic heterocycles. The first-order valence-electron chi connectivity index (χ1n) is 9.31. The molecule has 1 aliphatic heterocycles. The molecule has 0 aliphatic carbocycles. The van der Waals surface area contributed by atoms with Crippen LogP contribution in [0.3, 0.4) is 0 Å². The molecular formula is C21H25N5. The number of pyridine rings is 2. The minimum absolute atomic E-state index is 0.279. The van der Waals surface area contributed by atoms with E-state index in [0.717, 1.165) is 25.2 Å². The highest BCUT2D eigenvalue weighted by molar-refractivity contribution is 5.26. The lowest BCUT2D eigenvalue weighted by molar-refractivity contribution is 0.0654. The molecular weight excluding hydrogens is 322 g/mol. The zero-order valence-corrected chi connectivity index (χ0v) is 15.4. The maximum Gasteiger partial charge on any atom is 0.120 e. The third-order valence-electron chi connectivity index (χ3n) is 5.37. The van der Waals surface area contributed by atoms with E-state index < -0.39 is 0 Å². The van der Waals surface area contributed by atoms with Gasteiger partial charge in [0.25, 0.3) is 0 Å². The second-order valence-electron chi connectivity index (χ2n) is 7.08. The Hall–Kier alpha value is -2.53. The predicted molar refractivity (Wildman–Crippen MR) is 101 cm³/mol. The summed E-state index contributed by atoms with van der Waals surface area (Å²) >= 11 is 0. The second kappa shape index (κ2) is 7.38. The van der Waals surface area contributed by atoms with Gasteiger partial charge in [-0.1, -0.05) is 12.1 Å². The monoisotopic (exact) mass is 347 g/mol. The van der Waals surface area contributed by atoms with Crippen molar-refractivity contribution < 1.29 is 0 Å². The van der Waals surface area contributed by atoms with Crippen molar-refractivity contribution in [1.29, 1.82) is 0 Å². The van der Waals surface area contributed by atoms with Crippen LogP contribution in [0.4, 0.5) is 0 Å². The van der Waals surface area contributed by atoms with E-state index in [1.165, 1.54) is 28.9 Å². The van der Waals surface area contributed by atoms with Crippen molar-refractivity contribution in [1.82, 2.24) is 24.8 Å². The first kappa shape index (κ1) is 16.9. The Bertz CT molecular complexity index is 805. The van der Waals surface area contributed by atoms with Gasteiger partial charge in [-0.05, 0) is 56.4 Å². The highest BCUT2D eigenvalue weighted by Crippen LogP contribution is 2.42. The van der Waals surface area contributed by atoms with Crippen molar-refractivity contribution in [3.63, 3.8) is 0 Å². The highest BCUT2D eigenvalue weighted by atomic mass is 15.2. The zero-order chi connectivity index (χ0) is 17.9. The molecule has 2 atom stereocenters. The first-order chi connectivity index (χ1) is 12.7. The lowest BCUT2D eigenvalue weighted by Crippen LogP contribution is -2.37. The van der Waals surface area contributed by atoms with Gasteiger partial charge < -0.3 is 4.98 Å². The SMILES string of the molecule is Cc1cccnc1C1CCCC(c2ncccc2C)N1Cc1ncc[nH]1. The van der Waals surface area contributed by atoms with E-state index in [0.29, 0.717) is 0 Å². The number of imidazole rings is 1. The molecule has 0 bridgehead atoms. The first-order valence-corrected chi connectivity index (χ1v) is 9.31. The maximum absolute atomic E-state index is 4.74. The maximum atomic E-state index is 4.74. The molecule has 4 rings (SSSR count). The second-order valence-corrected chi connectivity index (χ2v) is 7.08. The van der Waals surface area contributed by atoms with Gasteiger partial charge in [-0.15, -0.1) is 0 Å². The topological polar surface area (TPSA) is 57.7 Å². The van der Waals surface area contributed by atoms with Crippen molar-refractivity contribution in [2.45, 2.75) is 51.7 Å². The lowest BCUT2D eigenvalue weighted by Gasteiger charge is -2.42. The molecule has 0 aromatic carbocycles. The van der Waals surface area contributed by atoms with Crippen LogP contribution in [0.25, 0.3) is 0 Å². The van der Waals surface area contributed by atoms with Crippen LogP contribution >= 0.6 is 0 Å². The standard InChI is InChI=1S/C21H25N5/c1-15-6-4-10-24-20(15)17-8-3-9-18(21-16(2)7-5-11-25-21)26(17)14-19-22-12-13-23-19/h4-7,10-13,17-18H,3,8-9,14H2,1-2H3,(H,22,23). The number of aromatic nitrogens is 4. The van der Waals surface area contributed by atoms with Crippen LogP contribution < -0.4 is 0 Å². The largest absolute Gasteiger partial charge is 0.348 e. The van der Waals surface area contributed by atoms with E-state index in [2.05, 4.69) is 40.8 Å². The van der Waals surface area contributed by atoms with Crippen LogP contribution in [0.1, 0.15) is 59.7 Å². The molecule has 2 unspecified atom stereocenters. The van der Waals surface area contributed by atoms with Gasteiger partial charge in [-0.2, -0.15) is 0 Å². The van der Waals surface area contributed by atoms with E-state index >= 15 is 0 Å². The van der Waals surface area contributed by atoms with Gasteiger partial charge in [0.15, 0.2) is 0 Å². The molecule has 3 aromatic rings. The average Bonchev–Trinajstić information content (AvgIpc) is 3.16. The summed E-state index contributed by atoms with van der Waals surface area (Å²) < 4.78 is 0. The van der Waals surface area contributed by atoms with Crippen LogP contribution in [-0.4, -0.2) is 24.8 Å². The molecule has 1 fully saturated rings. The number of piperidine rings is 1. The number of aryl methyl sites for hydroxylation is 2. The van der Waals surface area contributed by atoms with Crippen LogP contribution in [0.15, 0.2) is 49.1 Å². The number of hydrogen-bond donors (Lipinski definition) is 1. The van der Waals surface area contributed by atoms with Crippen LogP contribution in [-0.2, 0) is 6.54 Å². The summed E-state index contributed by atoms with van der Waals surface area (Å²) in [7, 11) is 0. The smallest absolute Gasteiger partial charge is 0.120 e. The van der Waals surface area contributed by atoms with Gasteiger partial charge in [-0.3, -0.25) is 14.9 Å². The third kappa shape index (κ3) is 3.27. The van der Waals surface area contributed by atoms with E-state index in [-0.39, 0.29) is 12.1 Å². The fourth-order valence-electron chi connectivity index (χ4n) is 4.11. The summed E-state index contributed by atoms with van der Waals surface area (Å²) in [6.45, 7) is 5.08. The summed E-state index contributed by atoms with van der Waals surface area (Å²) in [6.07, 6.45) is 10.9.